The van der Waals surface area contributed by atoms with Gasteiger partial charge >= 0.3 is 6.03 Å². The van der Waals surface area contributed by atoms with E-state index < -0.39 is 36.9 Å². The molecule has 0 spiro atoms. The van der Waals surface area contributed by atoms with E-state index in [2.05, 4.69) is 17.3 Å². The van der Waals surface area contributed by atoms with Gasteiger partial charge in [0.05, 0.1) is 19.8 Å². The number of benzene rings is 3. The number of fused-ring (bicyclic) bond motifs is 1. The number of likely N-dealkylation sites (N-methyl/N-ethyl adjacent to an activating group) is 1. The van der Waals surface area contributed by atoms with Gasteiger partial charge in [-0.05, 0) is 18.2 Å². The molecule has 2 amide bonds. The van der Waals surface area contributed by atoms with Crippen LogP contribution in [0.4, 0.5) is 4.79 Å². The summed E-state index contributed by atoms with van der Waals surface area (Å²) in [6.45, 7) is 3.93. The summed E-state index contributed by atoms with van der Waals surface area (Å²) >= 11 is 0. The SMILES string of the molecule is CN1CCN(C(=O)N[C@H]2O[C@@H]3COC(c4ccccc4)O[C@H]3[C@H](OCc3ccccc3)[C@@H]2OCc2ccccc2)CC1. The maximum absolute atomic E-state index is 13.4. The molecule has 9 nitrogen and oxygen atoms in total. The number of nitrogens with one attached hydrogen (secondary N) is 1. The first-order valence-electron chi connectivity index (χ1n) is 14.7. The quantitative estimate of drug-likeness (QED) is 0.437. The molecule has 1 unspecified atom stereocenters. The number of hydrogen-bond acceptors (Lipinski definition) is 7. The molecule has 9 heteroatoms. The van der Waals surface area contributed by atoms with Crippen molar-refractivity contribution in [3.8, 4) is 0 Å². The number of hydrogen-bond donors (Lipinski definition) is 1. The summed E-state index contributed by atoms with van der Waals surface area (Å²) in [5, 5.41) is 3.12. The topological polar surface area (TPSA) is 81.7 Å². The minimum atomic E-state index is -0.761. The Labute approximate surface area is 247 Å². The average molecular weight is 574 g/mol. The third-order valence-corrected chi connectivity index (χ3v) is 8.02. The maximum Gasteiger partial charge on any atom is 0.319 e. The summed E-state index contributed by atoms with van der Waals surface area (Å²) in [5.41, 5.74) is 2.97. The fraction of sp³-hybridized carbons (Fsp3) is 0.424. The van der Waals surface area contributed by atoms with E-state index in [0.717, 1.165) is 29.8 Å². The number of ether oxygens (including phenoxy) is 5. The summed E-state index contributed by atoms with van der Waals surface area (Å²) in [6, 6.07) is 29.7. The Bertz CT molecular complexity index is 1260. The zero-order valence-electron chi connectivity index (χ0n) is 23.9. The Kier molecular flexibility index (Phi) is 9.44. The average Bonchev–Trinajstić information content (AvgIpc) is 3.04. The van der Waals surface area contributed by atoms with Crippen molar-refractivity contribution in [1.82, 2.24) is 15.1 Å². The molecule has 6 atom stereocenters. The third-order valence-electron chi connectivity index (χ3n) is 8.02. The molecule has 3 heterocycles. The Morgan fingerprint density at radius 3 is 1.98 bits per heavy atom. The number of nitrogens with zero attached hydrogens (tertiary/aromatic N) is 2. The van der Waals surface area contributed by atoms with Gasteiger partial charge < -0.3 is 38.8 Å². The Morgan fingerprint density at radius 2 is 1.36 bits per heavy atom. The highest BCUT2D eigenvalue weighted by molar-refractivity contribution is 5.74. The lowest BCUT2D eigenvalue weighted by molar-refractivity contribution is -0.341. The van der Waals surface area contributed by atoms with Crippen LogP contribution >= 0.6 is 0 Å². The highest BCUT2D eigenvalue weighted by atomic mass is 16.7. The predicted octanol–water partition coefficient (Wildman–Crippen LogP) is 3.95. The van der Waals surface area contributed by atoms with Gasteiger partial charge in [0.25, 0.3) is 0 Å². The van der Waals surface area contributed by atoms with Crippen molar-refractivity contribution in [2.45, 2.75) is 50.1 Å². The molecule has 3 aromatic rings. The van der Waals surface area contributed by atoms with Gasteiger partial charge in [-0.15, -0.1) is 0 Å². The first-order valence-corrected chi connectivity index (χ1v) is 14.7. The Morgan fingerprint density at radius 1 is 0.786 bits per heavy atom. The molecule has 1 N–H and O–H groups in total. The predicted molar refractivity (Wildman–Crippen MR) is 156 cm³/mol. The second-order valence-corrected chi connectivity index (χ2v) is 11.0. The molecule has 0 aliphatic carbocycles. The molecule has 3 fully saturated rings. The van der Waals surface area contributed by atoms with Crippen LogP contribution in [0.25, 0.3) is 0 Å². The number of piperazine rings is 1. The minimum Gasteiger partial charge on any atom is -0.368 e. The summed E-state index contributed by atoms with van der Waals surface area (Å²) in [6.07, 6.45) is -3.44. The lowest BCUT2D eigenvalue weighted by Crippen LogP contribution is -2.67. The number of urea groups is 1. The van der Waals surface area contributed by atoms with Crippen LogP contribution in [-0.2, 0) is 36.9 Å². The van der Waals surface area contributed by atoms with E-state index in [1.54, 1.807) is 0 Å². The van der Waals surface area contributed by atoms with E-state index in [-0.39, 0.29) is 6.03 Å². The van der Waals surface area contributed by atoms with Gasteiger partial charge in [-0.2, -0.15) is 0 Å². The van der Waals surface area contributed by atoms with E-state index in [0.29, 0.717) is 32.9 Å². The molecular formula is C33H39N3O6. The highest BCUT2D eigenvalue weighted by Crippen LogP contribution is 2.36. The van der Waals surface area contributed by atoms with Gasteiger partial charge in [0.1, 0.15) is 24.4 Å². The van der Waals surface area contributed by atoms with Crippen molar-refractivity contribution < 1.29 is 28.5 Å². The molecule has 3 aromatic carbocycles. The van der Waals surface area contributed by atoms with E-state index >= 15 is 0 Å². The minimum absolute atomic E-state index is 0.179. The van der Waals surface area contributed by atoms with Crippen molar-refractivity contribution in [2.75, 3.05) is 39.8 Å². The molecular weight excluding hydrogens is 534 g/mol. The molecule has 3 saturated heterocycles. The standard InChI is InChI=1S/C33H39N3O6/c1-35-17-19-36(20-18-35)33(37)34-31-30(39-22-25-13-7-3-8-14-25)29(38-21-24-11-5-2-6-12-24)28-27(41-31)23-40-32(42-28)26-15-9-4-10-16-26/h2-16,27-32H,17-23H2,1H3,(H,34,37)/t27-,28-,29+,30+,31+,32?/m1/s1. The molecule has 6 rings (SSSR count). The lowest BCUT2D eigenvalue weighted by atomic mass is 9.96. The summed E-state index contributed by atoms with van der Waals surface area (Å²) < 4.78 is 32.4. The number of amides is 2. The van der Waals surface area contributed by atoms with Crippen LogP contribution < -0.4 is 5.32 Å². The zero-order chi connectivity index (χ0) is 28.7. The van der Waals surface area contributed by atoms with Gasteiger partial charge in [0, 0.05) is 31.7 Å². The van der Waals surface area contributed by atoms with Crippen LogP contribution in [0.3, 0.4) is 0 Å². The van der Waals surface area contributed by atoms with Crippen molar-refractivity contribution in [3.63, 3.8) is 0 Å². The second kappa shape index (κ2) is 13.8. The first-order chi connectivity index (χ1) is 20.6. The molecule has 222 valence electrons. The van der Waals surface area contributed by atoms with E-state index in [1.165, 1.54) is 0 Å². The van der Waals surface area contributed by atoms with Gasteiger partial charge in [0.2, 0.25) is 0 Å². The van der Waals surface area contributed by atoms with Gasteiger partial charge in [-0.25, -0.2) is 4.79 Å². The monoisotopic (exact) mass is 573 g/mol. The molecule has 42 heavy (non-hydrogen) atoms. The number of carbonyl (C=O) groups is 1. The van der Waals surface area contributed by atoms with Crippen LogP contribution in [0.15, 0.2) is 91.0 Å². The number of rotatable bonds is 8. The maximum atomic E-state index is 13.4. The normalized spacial score (nSPS) is 28.2. The van der Waals surface area contributed by atoms with E-state index in [1.807, 2.05) is 95.9 Å². The van der Waals surface area contributed by atoms with Gasteiger partial charge in [-0.3, -0.25) is 0 Å². The highest BCUT2D eigenvalue weighted by Gasteiger charge is 2.52. The largest absolute Gasteiger partial charge is 0.368 e. The van der Waals surface area contributed by atoms with E-state index in [4.69, 9.17) is 23.7 Å². The van der Waals surface area contributed by atoms with Gasteiger partial charge in [0.15, 0.2) is 12.5 Å². The van der Waals surface area contributed by atoms with Crippen LogP contribution in [0.1, 0.15) is 23.0 Å². The molecule has 3 aliphatic heterocycles. The fourth-order valence-corrected chi connectivity index (χ4v) is 5.61. The third kappa shape index (κ3) is 7.00. The van der Waals surface area contributed by atoms with Crippen molar-refractivity contribution in [3.05, 3.63) is 108 Å². The first kappa shape index (κ1) is 28.8. The molecule has 0 saturated carbocycles. The summed E-state index contributed by atoms with van der Waals surface area (Å²) in [7, 11) is 2.06. The lowest BCUT2D eigenvalue weighted by Gasteiger charge is -2.49. The van der Waals surface area contributed by atoms with Gasteiger partial charge in [-0.1, -0.05) is 91.0 Å². The smallest absolute Gasteiger partial charge is 0.319 e. The van der Waals surface area contributed by atoms with E-state index in [9.17, 15) is 4.79 Å². The van der Waals surface area contributed by atoms with Crippen molar-refractivity contribution >= 4 is 6.03 Å². The molecule has 0 bridgehead atoms. The van der Waals surface area contributed by atoms with Crippen LogP contribution in [-0.4, -0.2) is 86.3 Å². The van der Waals surface area contributed by atoms with Crippen LogP contribution in [0.5, 0.6) is 0 Å². The van der Waals surface area contributed by atoms with Crippen LogP contribution in [0.2, 0.25) is 0 Å². The van der Waals surface area contributed by atoms with Crippen LogP contribution in [0, 0.1) is 0 Å². The number of carbonyl (C=O) groups excluding carboxylic acids is 1. The van der Waals surface area contributed by atoms with Crippen molar-refractivity contribution in [2.24, 2.45) is 0 Å². The summed E-state index contributed by atoms with van der Waals surface area (Å²) in [5.74, 6) is 0. The zero-order valence-corrected chi connectivity index (χ0v) is 23.9. The second-order valence-electron chi connectivity index (χ2n) is 11.0. The molecule has 0 radical (unpaired) electrons. The molecule has 3 aliphatic rings. The summed E-state index contributed by atoms with van der Waals surface area (Å²) in [4.78, 5) is 17.5. The van der Waals surface area contributed by atoms with Crippen molar-refractivity contribution in [1.29, 1.82) is 0 Å². The Balaban J connectivity index is 1.27. The Hall–Kier alpha value is -3.31. The molecule has 0 aromatic heterocycles. The fourth-order valence-electron chi connectivity index (χ4n) is 5.61.